The summed E-state index contributed by atoms with van der Waals surface area (Å²) in [6.07, 6.45) is 3.88. The van der Waals surface area contributed by atoms with Gasteiger partial charge in [0.25, 0.3) is 0 Å². The number of nitrogens with zero attached hydrogens (tertiary/aromatic N) is 1. The maximum Gasteiger partial charge on any atom is 0.410 e. The summed E-state index contributed by atoms with van der Waals surface area (Å²) < 4.78 is 5.09. The van der Waals surface area contributed by atoms with Crippen molar-refractivity contribution < 1.29 is 9.53 Å². The van der Waals surface area contributed by atoms with Crippen LogP contribution in [0, 0.1) is 17.8 Å². The number of carbonyl (C=O) groups excluding carboxylic acids is 1. The lowest BCUT2D eigenvalue weighted by Gasteiger charge is -2.23. The molecule has 2 saturated carbocycles. The molecule has 1 saturated heterocycles. The van der Waals surface area contributed by atoms with Crippen molar-refractivity contribution in [3.63, 3.8) is 0 Å². The molecule has 4 atom stereocenters. The van der Waals surface area contributed by atoms with Gasteiger partial charge in [-0.3, -0.25) is 0 Å². The lowest BCUT2D eigenvalue weighted by Crippen LogP contribution is -2.36. The van der Waals surface area contributed by atoms with Crippen molar-refractivity contribution in [3.05, 3.63) is 0 Å². The zero-order valence-electron chi connectivity index (χ0n) is 8.61. The van der Waals surface area contributed by atoms with Crippen LogP contribution >= 0.6 is 0 Å². The Balaban J connectivity index is 1.75. The zero-order valence-corrected chi connectivity index (χ0v) is 8.61. The number of amides is 1. The van der Waals surface area contributed by atoms with Crippen LogP contribution in [-0.4, -0.2) is 30.2 Å². The topological polar surface area (TPSA) is 29.5 Å². The van der Waals surface area contributed by atoms with Gasteiger partial charge in [-0.05, 0) is 43.9 Å². The molecule has 3 fully saturated rings. The third kappa shape index (κ3) is 1.01. The molecular formula is C11H17NO2. The van der Waals surface area contributed by atoms with E-state index < -0.39 is 0 Å². The third-order valence-corrected chi connectivity index (χ3v) is 4.25. The second-order valence-corrected chi connectivity index (χ2v) is 4.92. The van der Waals surface area contributed by atoms with Crippen LogP contribution in [0.4, 0.5) is 4.79 Å². The van der Waals surface area contributed by atoms with Crippen LogP contribution < -0.4 is 0 Å². The van der Waals surface area contributed by atoms with E-state index in [1.54, 1.807) is 0 Å². The van der Waals surface area contributed by atoms with E-state index in [1.165, 1.54) is 19.3 Å². The smallest absolute Gasteiger partial charge is 0.410 e. The Morgan fingerprint density at radius 3 is 2.93 bits per heavy atom. The van der Waals surface area contributed by atoms with Gasteiger partial charge in [0.1, 0.15) is 0 Å². The van der Waals surface area contributed by atoms with Gasteiger partial charge in [0.15, 0.2) is 0 Å². The van der Waals surface area contributed by atoms with Crippen molar-refractivity contribution in [1.82, 2.24) is 4.90 Å². The average molecular weight is 195 g/mol. The Morgan fingerprint density at radius 2 is 2.29 bits per heavy atom. The molecule has 1 amide bonds. The molecule has 78 valence electrons. The summed E-state index contributed by atoms with van der Waals surface area (Å²) in [4.78, 5) is 13.6. The SMILES string of the molecule is CCOC(=O)N1C[C@@H]2C[C@H]3C[C@H]2[C@@H]1C3. The number of ether oxygens (including phenoxy) is 1. The van der Waals surface area contributed by atoms with Crippen LogP contribution in [0.1, 0.15) is 26.2 Å². The van der Waals surface area contributed by atoms with Crippen molar-refractivity contribution in [2.24, 2.45) is 17.8 Å². The van der Waals surface area contributed by atoms with Crippen LogP contribution in [0.2, 0.25) is 0 Å². The molecule has 0 aromatic heterocycles. The summed E-state index contributed by atoms with van der Waals surface area (Å²) in [5.74, 6) is 2.52. The number of likely N-dealkylation sites (tertiary alicyclic amines) is 1. The highest BCUT2D eigenvalue weighted by Gasteiger charge is 2.55. The van der Waals surface area contributed by atoms with E-state index in [-0.39, 0.29) is 6.09 Å². The second kappa shape index (κ2) is 2.88. The number of hydrogen-bond donors (Lipinski definition) is 0. The van der Waals surface area contributed by atoms with E-state index >= 15 is 0 Å². The molecule has 0 aromatic carbocycles. The molecule has 0 unspecified atom stereocenters. The maximum absolute atomic E-state index is 11.7. The Bertz CT molecular complexity index is 264. The first-order valence-corrected chi connectivity index (χ1v) is 5.73. The molecular weight excluding hydrogens is 178 g/mol. The lowest BCUT2D eigenvalue weighted by atomic mass is 9.90. The summed E-state index contributed by atoms with van der Waals surface area (Å²) >= 11 is 0. The molecule has 14 heavy (non-hydrogen) atoms. The Kier molecular flexibility index (Phi) is 1.76. The molecule has 3 heteroatoms. The molecule has 2 bridgehead atoms. The molecule has 1 aliphatic heterocycles. The number of fused-ring (bicyclic) bond motifs is 1. The van der Waals surface area contributed by atoms with Crippen molar-refractivity contribution >= 4 is 6.09 Å². The van der Waals surface area contributed by atoms with Crippen LogP contribution in [0.5, 0.6) is 0 Å². The van der Waals surface area contributed by atoms with Crippen molar-refractivity contribution in [1.29, 1.82) is 0 Å². The quantitative estimate of drug-likeness (QED) is 0.639. The van der Waals surface area contributed by atoms with Crippen LogP contribution in [0.3, 0.4) is 0 Å². The maximum atomic E-state index is 11.7. The van der Waals surface area contributed by atoms with Gasteiger partial charge in [-0.25, -0.2) is 4.79 Å². The van der Waals surface area contributed by atoms with Gasteiger partial charge in [-0.1, -0.05) is 0 Å². The van der Waals surface area contributed by atoms with Gasteiger partial charge < -0.3 is 9.64 Å². The largest absolute Gasteiger partial charge is 0.450 e. The van der Waals surface area contributed by atoms with Crippen molar-refractivity contribution in [2.45, 2.75) is 32.2 Å². The molecule has 0 spiro atoms. The highest BCUT2D eigenvalue weighted by molar-refractivity contribution is 5.68. The van der Waals surface area contributed by atoms with E-state index in [1.807, 2.05) is 11.8 Å². The van der Waals surface area contributed by atoms with E-state index in [0.29, 0.717) is 12.6 Å². The first-order valence-electron chi connectivity index (χ1n) is 5.73. The summed E-state index contributed by atoms with van der Waals surface area (Å²) in [7, 11) is 0. The third-order valence-electron chi connectivity index (χ3n) is 4.25. The molecule has 0 aromatic rings. The van der Waals surface area contributed by atoms with Crippen LogP contribution in [0.15, 0.2) is 0 Å². The molecule has 2 aliphatic carbocycles. The number of hydrogen-bond acceptors (Lipinski definition) is 2. The molecule has 0 N–H and O–H groups in total. The number of carbonyl (C=O) groups is 1. The Morgan fingerprint density at radius 1 is 1.43 bits per heavy atom. The molecule has 3 rings (SSSR count). The minimum Gasteiger partial charge on any atom is -0.450 e. The Hall–Kier alpha value is -0.730. The first-order chi connectivity index (χ1) is 6.79. The molecule has 0 radical (unpaired) electrons. The fourth-order valence-electron chi connectivity index (χ4n) is 3.83. The highest BCUT2D eigenvalue weighted by Crippen LogP contribution is 2.54. The van der Waals surface area contributed by atoms with E-state index in [2.05, 4.69) is 0 Å². The first kappa shape index (κ1) is 8.57. The summed E-state index contributed by atoms with van der Waals surface area (Å²) in [6, 6.07) is 0.526. The summed E-state index contributed by atoms with van der Waals surface area (Å²) in [6.45, 7) is 3.34. The van der Waals surface area contributed by atoms with Crippen molar-refractivity contribution in [3.8, 4) is 0 Å². The Labute approximate surface area is 84.4 Å². The normalized spacial score (nSPS) is 43.4. The van der Waals surface area contributed by atoms with Gasteiger partial charge in [-0.15, -0.1) is 0 Å². The van der Waals surface area contributed by atoms with Crippen LogP contribution in [-0.2, 0) is 4.74 Å². The van der Waals surface area contributed by atoms with E-state index in [0.717, 1.165) is 24.3 Å². The lowest BCUT2D eigenvalue weighted by molar-refractivity contribution is 0.101. The highest BCUT2D eigenvalue weighted by atomic mass is 16.6. The monoisotopic (exact) mass is 195 g/mol. The van der Waals surface area contributed by atoms with Gasteiger partial charge in [-0.2, -0.15) is 0 Å². The molecule has 3 aliphatic rings. The summed E-state index contributed by atoms with van der Waals surface area (Å²) in [5.41, 5.74) is 0. The fraction of sp³-hybridized carbons (Fsp3) is 0.909. The average Bonchev–Trinajstić information content (AvgIpc) is 2.73. The standard InChI is InChI=1S/C11H17NO2/c1-2-14-11(13)12-6-8-3-7-4-9(8)10(12)5-7/h7-10H,2-6H2,1H3/t7-,8-,9+,10-/m0/s1. The van der Waals surface area contributed by atoms with Crippen molar-refractivity contribution in [2.75, 3.05) is 13.2 Å². The molecule has 1 heterocycles. The summed E-state index contributed by atoms with van der Waals surface area (Å²) in [5, 5.41) is 0. The predicted octanol–water partition coefficient (Wildman–Crippen LogP) is 1.87. The predicted molar refractivity (Wildman–Crippen MR) is 51.8 cm³/mol. The zero-order chi connectivity index (χ0) is 9.71. The van der Waals surface area contributed by atoms with E-state index in [4.69, 9.17) is 4.74 Å². The second-order valence-electron chi connectivity index (χ2n) is 4.92. The van der Waals surface area contributed by atoms with Gasteiger partial charge in [0.2, 0.25) is 0 Å². The van der Waals surface area contributed by atoms with E-state index in [9.17, 15) is 4.79 Å². The van der Waals surface area contributed by atoms with Gasteiger partial charge in [0.05, 0.1) is 6.61 Å². The number of rotatable bonds is 1. The van der Waals surface area contributed by atoms with Gasteiger partial charge in [0, 0.05) is 12.6 Å². The minimum absolute atomic E-state index is 0.0763. The van der Waals surface area contributed by atoms with Gasteiger partial charge >= 0.3 is 6.09 Å². The molecule has 3 nitrogen and oxygen atoms in total. The van der Waals surface area contributed by atoms with Crippen LogP contribution in [0.25, 0.3) is 0 Å². The fourth-order valence-corrected chi connectivity index (χ4v) is 3.83. The minimum atomic E-state index is -0.0763.